The number of alkyl halides is 4. The van der Waals surface area contributed by atoms with Crippen molar-refractivity contribution >= 4 is 11.9 Å². The van der Waals surface area contributed by atoms with Gasteiger partial charge in [-0.3, -0.25) is 9.59 Å². The van der Waals surface area contributed by atoms with Crippen LogP contribution in [0.5, 0.6) is 0 Å². The van der Waals surface area contributed by atoms with E-state index in [0.717, 1.165) is 19.1 Å². The first-order valence-corrected chi connectivity index (χ1v) is 7.83. The molecule has 0 aliphatic heterocycles. The number of halogens is 4. The predicted molar refractivity (Wildman–Crippen MR) is 85.8 cm³/mol. The molecule has 1 rings (SSSR count). The maximum atomic E-state index is 15.9. The third kappa shape index (κ3) is 3.73. The first kappa shape index (κ1) is 21.7. The zero-order valence-electron chi connectivity index (χ0n) is 14.7. The minimum absolute atomic E-state index is 0.131. The number of hydrogen-bond acceptors (Lipinski definition) is 4. The molecule has 0 aliphatic rings. The van der Waals surface area contributed by atoms with Gasteiger partial charge in [-0.2, -0.15) is 13.2 Å². The summed E-state index contributed by atoms with van der Waals surface area (Å²) >= 11 is 0. The van der Waals surface area contributed by atoms with Crippen molar-refractivity contribution in [1.29, 1.82) is 0 Å². The van der Waals surface area contributed by atoms with Crippen molar-refractivity contribution in [3.63, 3.8) is 0 Å². The lowest BCUT2D eigenvalue weighted by Crippen LogP contribution is -2.52. The zero-order valence-corrected chi connectivity index (χ0v) is 14.7. The Balaban J connectivity index is 3.54. The molecule has 0 heterocycles. The molecule has 1 aromatic rings. The van der Waals surface area contributed by atoms with Crippen LogP contribution < -0.4 is 0 Å². The van der Waals surface area contributed by atoms with Gasteiger partial charge in [0.05, 0.1) is 18.8 Å². The SMILES string of the molecule is C=C[C@@](F)(c1ccc(C(F)(F)F)cc1)C(C)(C(=O)OCC)C(=O)OCC. The molecule has 0 aromatic heterocycles. The summed E-state index contributed by atoms with van der Waals surface area (Å²) in [6, 6.07) is 3.01. The summed E-state index contributed by atoms with van der Waals surface area (Å²) in [4.78, 5) is 24.8. The maximum absolute atomic E-state index is 15.9. The highest BCUT2D eigenvalue weighted by molar-refractivity contribution is 6.01. The molecule has 0 saturated carbocycles. The van der Waals surface area contributed by atoms with Crippen LogP contribution in [0.1, 0.15) is 31.9 Å². The Morgan fingerprint density at radius 2 is 1.35 bits per heavy atom. The average Bonchev–Trinajstić information content (AvgIpc) is 2.59. The van der Waals surface area contributed by atoms with E-state index in [1.54, 1.807) is 0 Å². The van der Waals surface area contributed by atoms with E-state index in [0.29, 0.717) is 18.2 Å². The standard InChI is InChI=1S/C18H20F4O4/c1-5-17(19,12-8-10-13(11-9-12)18(20,21)22)16(4,14(23)25-6-2)15(24)26-7-3/h5,8-11H,1,6-7H2,2-4H3/t17-/m1/s1. The molecule has 4 nitrogen and oxygen atoms in total. The molecular formula is C18H20F4O4. The van der Waals surface area contributed by atoms with Crippen molar-refractivity contribution in [3.05, 3.63) is 48.0 Å². The van der Waals surface area contributed by atoms with Crippen LogP contribution in [-0.2, 0) is 30.9 Å². The number of benzene rings is 1. The fourth-order valence-corrected chi connectivity index (χ4v) is 2.44. The number of carbonyl (C=O) groups excluding carboxylic acids is 2. The van der Waals surface area contributed by atoms with Crippen LogP contribution in [0.3, 0.4) is 0 Å². The van der Waals surface area contributed by atoms with Gasteiger partial charge in [0.2, 0.25) is 5.41 Å². The van der Waals surface area contributed by atoms with Gasteiger partial charge < -0.3 is 9.47 Å². The van der Waals surface area contributed by atoms with Crippen LogP contribution in [0.2, 0.25) is 0 Å². The summed E-state index contributed by atoms with van der Waals surface area (Å²) in [5, 5.41) is 0. The van der Waals surface area contributed by atoms with Crippen LogP contribution in [-0.4, -0.2) is 25.2 Å². The van der Waals surface area contributed by atoms with Crippen LogP contribution in [0.15, 0.2) is 36.9 Å². The van der Waals surface area contributed by atoms with E-state index in [-0.39, 0.29) is 18.8 Å². The summed E-state index contributed by atoms with van der Waals surface area (Å²) in [7, 11) is 0. The quantitative estimate of drug-likeness (QED) is 0.310. The molecule has 0 bridgehead atoms. The highest BCUT2D eigenvalue weighted by Crippen LogP contribution is 2.47. The Bertz CT molecular complexity index is 649. The molecule has 0 spiro atoms. The lowest BCUT2D eigenvalue weighted by molar-refractivity contribution is -0.181. The maximum Gasteiger partial charge on any atom is 0.416 e. The number of rotatable bonds is 7. The van der Waals surface area contributed by atoms with E-state index in [1.807, 2.05) is 0 Å². The number of carbonyl (C=O) groups is 2. The molecule has 0 N–H and O–H groups in total. The average molecular weight is 376 g/mol. The fourth-order valence-electron chi connectivity index (χ4n) is 2.44. The van der Waals surface area contributed by atoms with Gasteiger partial charge in [-0.05, 0) is 44.5 Å². The molecule has 144 valence electrons. The van der Waals surface area contributed by atoms with Crippen molar-refractivity contribution in [2.24, 2.45) is 5.41 Å². The minimum Gasteiger partial charge on any atom is -0.465 e. The van der Waals surface area contributed by atoms with E-state index in [2.05, 4.69) is 6.58 Å². The monoisotopic (exact) mass is 376 g/mol. The van der Waals surface area contributed by atoms with Crippen molar-refractivity contribution in [2.75, 3.05) is 13.2 Å². The molecule has 26 heavy (non-hydrogen) atoms. The molecule has 0 radical (unpaired) electrons. The molecule has 0 amide bonds. The summed E-state index contributed by atoms with van der Waals surface area (Å²) in [6.45, 7) is 6.97. The van der Waals surface area contributed by atoms with Crippen molar-refractivity contribution in [1.82, 2.24) is 0 Å². The lowest BCUT2D eigenvalue weighted by atomic mass is 9.70. The Morgan fingerprint density at radius 1 is 0.962 bits per heavy atom. The highest BCUT2D eigenvalue weighted by Gasteiger charge is 2.61. The van der Waals surface area contributed by atoms with Gasteiger partial charge in [0, 0.05) is 0 Å². The second-order valence-corrected chi connectivity index (χ2v) is 5.56. The largest absolute Gasteiger partial charge is 0.465 e. The molecule has 0 fully saturated rings. The molecular weight excluding hydrogens is 356 g/mol. The summed E-state index contributed by atoms with van der Waals surface area (Å²) in [5.74, 6) is -2.42. The van der Waals surface area contributed by atoms with Crippen LogP contribution in [0, 0.1) is 5.41 Å². The predicted octanol–water partition coefficient (Wildman–Crippen LogP) is 4.19. The summed E-state index contributed by atoms with van der Waals surface area (Å²) in [5.41, 5.74) is -6.69. The lowest BCUT2D eigenvalue weighted by Gasteiger charge is -2.37. The molecule has 1 atom stereocenters. The van der Waals surface area contributed by atoms with E-state index < -0.39 is 34.8 Å². The second-order valence-electron chi connectivity index (χ2n) is 5.56. The van der Waals surface area contributed by atoms with Crippen LogP contribution in [0.4, 0.5) is 17.6 Å². The van der Waals surface area contributed by atoms with Gasteiger partial charge >= 0.3 is 18.1 Å². The van der Waals surface area contributed by atoms with Crippen molar-refractivity contribution in [2.45, 2.75) is 32.6 Å². The van der Waals surface area contributed by atoms with Crippen LogP contribution >= 0.6 is 0 Å². The van der Waals surface area contributed by atoms with Gasteiger partial charge in [-0.15, -0.1) is 0 Å². The minimum atomic E-state index is -4.61. The number of allylic oxidation sites excluding steroid dienone is 1. The van der Waals surface area contributed by atoms with E-state index >= 15 is 4.39 Å². The van der Waals surface area contributed by atoms with Gasteiger partial charge in [0.25, 0.3) is 0 Å². The normalized spacial score (nSPS) is 14.3. The molecule has 0 unspecified atom stereocenters. The topological polar surface area (TPSA) is 52.6 Å². The number of esters is 2. The third-order valence-electron chi connectivity index (χ3n) is 4.01. The third-order valence-corrected chi connectivity index (χ3v) is 4.01. The molecule has 0 saturated heterocycles. The van der Waals surface area contributed by atoms with Gasteiger partial charge in [0.1, 0.15) is 0 Å². The van der Waals surface area contributed by atoms with E-state index in [9.17, 15) is 22.8 Å². The molecule has 1 aromatic carbocycles. The second kappa shape index (κ2) is 7.88. The molecule has 8 heteroatoms. The number of hydrogen-bond donors (Lipinski definition) is 0. The summed E-state index contributed by atoms with van der Waals surface area (Å²) in [6.07, 6.45) is -3.93. The first-order chi connectivity index (χ1) is 12.0. The fraction of sp³-hybridized carbons (Fsp3) is 0.444. The van der Waals surface area contributed by atoms with Gasteiger partial charge in [0.15, 0.2) is 5.67 Å². The Labute approximate surface area is 148 Å². The Morgan fingerprint density at radius 3 is 1.65 bits per heavy atom. The Kier molecular flexibility index (Phi) is 6.57. The van der Waals surface area contributed by atoms with Crippen LogP contribution in [0.25, 0.3) is 0 Å². The highest BCUT2D eigenvalue weighted by atomic mass is 19.4. The summed E-state index contributed by atoms with van der Waals surface area (Å²) < 4.78 is 63.7. The smallest absolute Gasteiger partial charge is 0.416 e. The van der Waals surface area contributed by atoms with E-state index in [1.165, 1.54) is 13.8 Å². The zero-order chi connectivity index (χ0) is 20.2. The van der Waals surface area contributed by atoms with Gasteiger partial charge in [-0.25, -0.2) is 4.39 Å². The van der Waals surface area contributed by atoms with E-state index in [4.69, 9.17) is 9.47 Å². The van der Waals surface area contributed by atoms with Crippen molar-refractivity contribution in [3.8, 4) is 0 Å². The van der Waals surface area contributed by atoms with Gasteiger partial charge in [-0.1, -0.05) is 18.7 Å². The number of ether oxygens (including phenoxy) is 2. The van der Waals surface area contributed by atoms with Crippen molar-refractivity contribution < 1.29 is 36.6 Å². The first-order valence-electron chi connectivity index (χ1n) is 7.83. The molecule has 0 aliphatic carbocycles. The Hall–Kier alpha value is -2.38.